The van der Waals surface area contributed by atoms with Gasteiger partial charge in [0.2, 0.25) is 0 Å². The van der Waals surface area contributed by atoms with Gasteiger partial charge in [0.15, 0.2) is 5.75 Å². The summed E-state index contributed by atoms with van der Waals surface area (Å²) in [6.45, 7) is 1.64. The number of rotatable bonds is 6. The number of carbonyl (C=O) groups is 2. The summed E-state index contributed by atoms with van der Waals surface area (Å²) in [5, 5.41) is 15.3. The number of hydrogen-bond donors (Lipinski definition) is 4. The molecule has 0 radical (unpaired) electrons. The van der Waals surface area contributed by atoms with Crippen LogP contribution in [-0.4, -0.2) is 41.1 Å². The molecule has 30 heavy (non-hydrogen) atoms. The predicted octanol–water partition coefficient (Wildman–Crippen LogP) is 3.34. The minimum absolute atomic E-state index is 0.0425. The summed E-state index contributed by atoms with van der Waals surface area (Å²) in [5.41, 5.74) is 0.511. The fourth-order valence-corrected chi connectivity index (χ4v) is 3.67. The zero-order valence-corrected chi connectivity index (χ0v) is 17.6. The zero-order valence-electron chi connectivity index (χ0n) is 16.8. The molecule has 2 aromatic rings. The Kier molecular flexibility index (Phi) is 6.99. The van der Waals surface area contributed by atoms with Crippen molar-refractivity contribution < 1.29 is 23.8 Å². The number of hydrogen-bond acceptors (Lipinski definition) is 4. The minimum Gasteiger partial charge on any atom is -0.483 e. The molecule has 1 heterocycles. The molecule has 1 aliphatic carbocycles. The predicted molar refractivity (Wildman–Crippen MR) is 110 cm³/mol. The van der Waals surface area contributed by atoms with Gasteiger partial charge in [0, 0.05) is 29.7 Å². The molecule has 3 rings (SSSR count). The molecule has 4 N–H and O–H groups in total. The molecule has 1 aliphatic rings. The van der Waals surface area contributed by atoms with Crippen LogP contribution in [0.3, 0.4) is 0 Å². The van der Waals surface area contributed by atoms with Gasteiger partial charge in [-0.2, -0.15) is 0 Å². The van der Waals surface area contributed by atoms with Crippen LogP contribution in [-0.2, 0) is 0 Å². The monoisotopic (exact) mass is 437 g/mol. The Balaban J connectivity index is 1.78. The first-order chi connectivity index (χ1) is 14.3. The lowest BCUT2D eigenvalue weighted by molar-refractivity contribution is 0.0863. The molecular weight excluding hydrogens is 413 g/mol. The van der Waals surface area contributed by atoms with Crippen LogP contribution in [0.1, 0.15) is 65.3 Å². The van der Waals surface area contributed by atoms with Crippen molar-refractivity contribution in [2.24, 2.45) is 0 Å². The number of aromatic nitrogens is 1. The van der Waals surface area contributed by atoms with Gasteiger partial charge in [-0.05, 0) is 44.7 Å². The zero-order chi connectivity index (χ0) is 21.8. The van der Waals surface area contributed by atoms with Gasteiger partial charge in [-0.15, -0.1) is 0 Å². The van der Waals surface area contributed by atoms with Crippen LogP contribution in [0.4, 0.5) is 4.39 Å². The third-order valence-electron chi connectivity index (χ3n) is 5.22. The lowest BCUT2D eigenvalue weighted by Gasteiger charge is -2.25. The van der Waals surface area contributed by atoms with Crippen molar-refractivity contribution in [3.63, 3.8) is 0 Å². The van der Waals surface area contributed by atoms with Crippen LogP contribution in [0.25, 0.3) is 0 Å². The van der Waals surface area contributed by atoms with E-state index >= 15 is 0 Å². The third-order valence-corrected chi connectivity index (χ3v) is 5.45. The number of halogens is 2. The molecule has 0 bridgehead atoms. The second kappa shape index (κ2) is 9.49. The maximum absolute atomic E-state index is 14.2. The quantitative estimate of drug-likeness (QED) is 0.556. The minimum atomic E-state index is -0.725. The number of aliphatic hydroxyl groups excluding tert-OH is 1. The average molecular weight is 438 g/mol. The third kappa shape index (κ3) is 5.12. The van der Waals surface area contributed by atoms with E-state index in [0.29, 0.717) is 25.7 Å². The van der Waals surface area contributed by atoms with E-state index < -0.39 is 17.8 Å². The van der Waals surface area contributed by atoms with Crippen molar-refractivity contribution in [1.82, 2.24) is 15.6 Å². The van der Waals surface area contributed by atoms with Gasteiger partial charge >= 0.3 is 0 Å². The molecule has 1 atom stereocenters. The molecule has 162 valence electrons. The smallest absolute Gasteiger partial charge is 0.271 e. The van der Waals surface area contributed by atoms with Crippen LogP contribution in [0.15, 0.2) is 24.3 Å². The maximum atomic E-state index is 14.2. The number of carbonyl (C=O) groups excluding carboxylic acids is 2. The van der Waals surface area contributed by atoms with E-state index in [1.54, 1.807) is 13.0 Å². The number of aromatic amines is 1. The van der Waals surface area contributed by atoms with Gasteiger partial charge in [-0.25, -0.2) is 4.39 Å². The van der Waals surface area contributed by atoms with E-state index in [1.807, 2.05) is 0 Å². The molecule has 0 saturated heterocycles. The molecule has 1 fully saturated rings. The van der Waals surface area contributed by atoms with Crippen LogP contribution < -0.4 is 15.4 Å². The van der Waals surface area contributed by atoms with E-state index in [1.165, 1.54) is 25.2 Å². The number of amides is 2. The molecule has 2 amide bonds. The number of H-pyrrole nitrogens is 1. The molecule has 0 spiro atoms. The fraction of sp³-hybridized carbons (Fsp3) is 0.429. The normalized spacial score (nSPS) is 19.8. The van der Waals surface area contributed by atoms with Crippen molar-refractivity contribution >= 4 is 23.4 Å². The van der Waals surface area contributed by atoms with Gasteiger partial charge in [0.1, 0.15) is 23.3 Å². The molecule has 1 aromatic carbocycles. The van der Waals surface area contributed by atoms with E-state index in [2.05, 4.69) is 15.6 Å². The Bertz CT molecular complexity index is 925. The molecular formula is C21H25ClFN3O4. The van der Waals surface area contributed by atoms with E-state index in [9.17, 15) is 19.1 Å². The van der Waals surface area contributed by atoms with Crippen molar-refractivity contribution in [3.05, 3.63) is 52.1 Å². The van der Waals surface area contributed by atoms with Gasteiger partial charge in [0.25, 0.3) is 11.8 Å². The number of benzene rings is 1. The van der Waals surface area contributed by atoms with Crippen molar-refractivity contribution in [2.75, 3.05) is 7.05 Å². The highest BCUT2D eigenvalue weighted by Gasteiger charge is 2.25. The maximum Gasteiger partial charge on any atom is 0.271 e. The standard InChI is InChI=1S/C21H25ClFN3O4/c1-11(15-8-3-12(22)9-16(15)23)30-18-10-17(26-19(18)21(29)24-2)20(28)25-13-4-6-14(27)7-5-13/h3,8-11,13-14,26-27H,4-7H2,1-2H3,(H,24,29)(H,25,28). The molecule has 1 unspecified atom stereocenters. The van der Waals surface area contributed by atoms with Crippen molar-refractivity contribution in [2.45, 2.75) is 50.9 Å². The lowest BCUT2D eigenvalue weighted by Crippen LogP contribution is -2.38. The van der Waals surface area contributed by atoms with E-state index in [-0.39, 0.29) is 45.8 Å². The van der Waals surface area contributed by atoms with Crippen LogP contribution >= 0.6 is 11.6 Å². The molecule has 1 aromatic heterocycles. The van der Waals surface area contributed by atoms with Gasteiger partial charge in [0.05, 0.1) is 6.10 Å². The largest absolute Gasteiger partial charge is 0.483 e. The number of nitrogens with one attached hydrogen (secondary N) is 3. The molecule has 1 saturated carbocycles. The molecule has 7 nitrogen and oxygen atoms in total. The Morgan fingerprint density at radius 2 is 1.93 bits per heavy atom. The lowest BCUT2D eigenvalue weighted by atomic mass is 9.93. The molecule has 0 aliphatic heterocycles. The first kappa shape index (κ1) is 22.1. The number of aliphatic hydroxyl groups is 1. The Morgan fingerprint density at radius 3 is 2.57 bits per heavy atom. The van der Waals surface area contributed by atoms with Crippen LogP contribution in [0, 0.1) is 5.82 Å². The summed E-state index contributed by atoms with van der Waals surface area (Å²) >= 11 is 5.80. The van der Waals surface area contributed by atoms with E-state index in [4.69, 9.17) is 16.3 Å². The molecule has 9 heteroatoms. The first-order valence-corrected chi connectivity index (χ1v) is 10.2. The van der Waals surface area contributed by atoms with Crippen molar-refractivity contribution in [1.29, 1.82) is 0 Å². The second-order valence-electron chi connectivity index (χ2n) is 7.41. The van der Waals surface area contributed by atoms with Crippen LogP contribution in [0.2, 0.25) is 5.02 Å². The summed E-state index contributed by atoms with van der Waals surface area (Å²) in [6.07, 6.45) is 1.60. The van der Waals surface area contributed by atoms with Crippen LogP contribution in [0.5, 0.6) is 5.75 Å². The van der Waals surface area contributed by atoms with Crippen molar-refractivity contribution in [3.8, 4) is 5.75 Å². The fourth-order valence-electron chi connectivity index (χ4n) is 3.51. The summed E-state index contributed by atoms with van der Waals surface area (Å²) in [6, 6.07) is 5.64. The highest BCUT2D eigenvalue weighted by molar-refractivity contribution is 6.30. The highest BCUT2D eigenvalue weighted by atomic mass is 35.5. The summed E-state index contributed by atoms with van der Waals surface area (Å²) in [5.74, 6) is -1.22. The summed E-state index contributed by atoms with van der Waals surface area (Å²) in [4.78, 5) is 27.7. The van der Waals surface area contributed by atoms with Gasteiger partial charge in [-0.3, -0.25) is 9.59 Å². The summed E-state index contributed by atoms with van der Waals surface area (Å²) in [7, 11) is 1.46. The van der Waals surface area contributed by atoms with Gasteiger partial charge in [-0.1, -0.05) is 17.7 Å². The Morgan fingerprint density at radius 1 is 1.23 bits per heavy atom. The number of ether oxygens (including phenoxy) is 1. The van der Waals surface area contributed by atoms with Gasteiger partial charge < -0.3 is 25.5 Å². The highest BCUT2D eigenvalue weighted by Crippen LogP contribution is 2.29. The SMILES string of the molecule is CNC(=O)c1[nH]c(C(=O)NC2CCC(O)CC2)cc1OC(C)c1ccc(Cl)cc1F. The second-order valence-corrected chi connectivity index (χ2v) is 7.84. The first-order valence-electron chi connectivity index (χ1n) is 9.84. The summed E-state index contributed by atoms with van der Waals surface area (Å²) < 4.78 is 20.0. The van der Waals surface area contributed by atoms with E-state index in [0.717, 1.165) is 0 Å². The Hall–Kier alpha value is -2.58. The topological polar surface area (TPSA) is 103 Å². The Labute approximate surface area is 179 Å². The average Bonchev–Trinajstić information content (AvgIpc) is 3.13.